The van der Waals surface area contributed by atoms with Crippen LogP contribution in [-0.4, -0.2) is 22.6 Å². The minimum absolute atomic E-state index is 0. The van der Waals surface area contributed by atoms with Crippen LogP contribution in [0.1, 0.15) is 0 Å². The molecule has 42 valence electrons. The Labute approximate surface area is 62.8 Å². The maximum absolute atomic E-state index is 9.41. The molecule has 0 aromatic rings. The standard InChI is InChI=1S/CH2AsO2.Au.Fe/c2-1(3)4;;/h2H,(H,3,4);;/q-1;+1;. The summed E-state index contributed by atoms with van der Waals surface area (Å²) in [6, 6.07) is 0. The number of carboxylic acid groups (broad SMARTS) is 1. The van der Waals surface area contributed by atoms with Gasteiger partial charge in [0.15, 0.2) is 0 Å². The molecule has 0 fully saturated rings. The first-order valence-electron chi connectivity index (χ1n) is 0.828. The van der Waals surface area contributed by atoms with Gasteiger partial charge in [-0.2, -0.15) is 0 Å². The number of hydrogen-bond donors (Lipinski definition) is 1. The predicted molar refractivity (Wildman–Crippen MR) is 15.2 cm³/mol. The summed E-state index contributed by atoms with van der Waals surface area (Å²) in [4.78, 5) is 9.41. The number of hydrogen-bond acceptors (Lipinski definition) is 1. The van der Waals surface area contributed by atoms with E-state index in [0.29, 0.717) is 0 Å². The van der Waals surface area contributed by atoms with Crippen LogP contribution >= 0.6 is 0 Å². The smallest absolute Gasteiger partial charge is 0 e. The number of rotatable bonds is 1. The van der Waals surface area contributed by atoms with Crippen molar-refractivity contribution in [2.45, 2.75) is 0 Å². The van der Waals surface area contributed by atoms with E-state index in [1.807, 2.05) is 0 Å². The van der Waals surface area contributed by atoms with Gasteiger partial charge in [0.1, 0.15) is 0 Å². The van der Waals surface area contributed by atoms with Crippen LogP contribution in [0.4, 0.5) is 4.79 Å². The molecule has 0 aliphatic carbocycles. The fourth-order valence-corrected chi connectivity index (χ4v) is 0. The molecule has 1 N–H and O–H groups in total. The molecule has 1 unspecified atom stereocenters. The van der Waals surface area contributed by atoms with Crippen molar-refractivity contribution >= 4 is 17.5 Å². The quantitative estimate of drug-likeness (QED) is 0.633. The minimum atomic E-state index is -0.694. The van der Waals surface area contributed by atoms with Gasteiger partial charge in [0.2, 0.25) is 0 Å². The SMILES string of the molecule is O=C(O)[AsH][Au].[Fe]. The van der Waals surface area contributed by atoms with Crippen LogP contribution in [0, 0.1) is 0 Å². The maximum Gasteiger partial charge on any atom is 0 e. The molecule has 0 aliphatic heterocycles. The van der Waals surface area contributed by atoms with Gasteiger partial charge in [0.05, 0.1) is 0 Å². The van der Waals surface area contributed by atoms with Crippen molar-refractivity contribution in [2.75, 3.05) is 0 Å². The van der Waals surface area contributed by atoms with E-state index in [1.54, 1.807) is 0 Å². The van der Waals surface area contributed by atoms with E-state index in [0.717, 1.165) is 0 Å². The van der Waals surface area contributed by atoms with Crippen molar-refractivity contribution in [3.8, 4) is 0 Å². The van der Waals surface area contributed by atoms with E-state index in [1.165, 1.54) is 0 Å². The zero-order chi connectivity index (χ0) is 4.28. The molecule has 0 aliphatic rings. The molecule has 5 heteroatoms. The zero-order valence-corrected chi connectivity index (χ0v) is 7.88. The second kappa shape index (κ2) is 6.29. The first-order valence-corrected chi connectivity index (χ1v) is 8.14. The summed E-state index contributed by atoms with van der Waals surface area (Å²) in [6.45, 7) is 0. The van der Waals surface area contributed by atoms with E-state index in [2.05, 4.69) is 18.7 Å². The zero-order valence-electron chi connectivity index (χ0n) is 2.51. The van der Waals surface area contributed by atoms with E-state index >= 15 is 0 Å². The van der Waals surface area contributed by atoms with Crippen molar-refractivity contribution in [2.24, 2.45) is 0 Å². The van der Waals surface area contributed by atoms with Gasteiger partial charge in [-0.25, -0.2) is 0 Å². The fourth-order valence-electron chi connectivity index (χ4n) is 0. The Kier molecular flexibility index (Phi) is 10.8. The van der Waals surface area contributed by atoms with Gasteiger partial charge in [0, 0.05) is 17.1 Å². The Morgan fingerprint density at radius 2 is 2.00 bits per heavy atom. The molecule has 0 aromatic carbocycles. The van der Waals surface area contributed by atoms with Crippen molar-refractivity contribution < 1.29 is 45.7 Å². The van der Waals surface area contributed by atoms with E-state index in [4.69, 9.17) is 5.11 Å². The van der Waals surface area contributed by atoms with Gasteiger partial charge >= 0.3 is 46.1 Å². The summed E-state index contributed by atoms with van der Waals surface area (Å²) < 4.78 is -0.645. The summed E-state index contributed by atoms with van der Waals surface area (Å²) in [7, 11) is 0. The van der Waals surface area contributed by atoms with Gasteiger partial charge in [-0.05, 0) is 0 Å². The monoisotopic (exact) mass is 374 g/mol. The molecule has 1 atom stereocenters. The van der Waals surface area contributed by atoms with Crippen LogP contribution in [0.25, 0.3) is 0 Å². The Hall–Kier alpha value is 1.29. The Morgan fingerprint density at radius 3 is 2.00 bits per heavy atom. The molecular weight excluding hydrogens is 372 g/mol. The summed E-state index contributed by atoms with van der Waals surface area (Å²) in [5.74, 6) is 0. The topological polar surface area (TPSA) is 37.3 Å². The predicted octanol–water partition coefficient (Wildman–Crippen LogP) is -0.440. The van der Waals surface area contributed by atoms with Crippen LogP contribution in [0.3, 0.4) is 0 Å². The maximum atomic E-state index is 9.41. The van der Waals surface area contributed by atoms with Crippen molar-refractivity contribution in [1.29, 1.82) is 0 Å². The normalized spacial score (nSPS) is 8.33. The second-order valence-electron chi connectivity index (χ2n) is 0.381. The Balaban J connectivity index is 0. The molecular formula is CH2AsAuFeO2. The molecule has 0 bridgehead atoms. The van der Waals surface area contributed by atoms with E-state index < -0.39 is 17.5 Å². The molecule has 0 rings (SSSR count). The van der Waals surface area contributed by atoms with Gasteiger partial charge in [-0.3, -0.25) is 0 Å². The van der Waals surface area contributed by atoms with Crippen molar-refractivity contribution in [3.63, 3.8) is 0 Å². The van der Waals surface area contributed by atoms with Crippen molar-refractivity contribution in [3.05, 3.63) is 0 Å². The number of carbonyl (C=O) groups is 1. The first-order chi connectivity index (χ1) is 2.27. The molecule has 0 saturated heterocycles. The third-order valence-electron chi connectivity index (χ3n) is 0.0645. The molecule has 0 aromatic heterocycles. The van der Waals surface area contributed by atoms with Crippen LogP contribution in [0.15, 0.2) is 0 Å². The van der Waals surface area contributed by atoms with Crippen LogP contribution < -0.4 is 0 Å². The summed E-state index contributed by atoms with van der Waals surface area (Å²) >= 11 is 1.36. The second-order valence-corrected chi connectivity index (χ2v) is 4.41. The molecule has 6 heavy (non-hydrogen) atoms. The third-order valence-corrected chi connectivity index (χ3v) is 2.74. The van der Waals surface area contributed by atoms with Gasteiger partial charge < -0.3 is 0 Å². The van der Waals surface area contributed by atoms with Crippen molar-refractivity contribution in [1.82, 2.24) is 0 Å². The van der Waals surface area contributed by atoms with Crippen LogP contribution in [0.5, 0.6) is 0 Å². The first kappa shape index (κ1) is 10.3. The van der Waals surface area contributed by atoms with E-state index in [-0.39, 0.29) is 17.1 Å². The van der Waals surface area contributed by atoms with Gasteiger partial charge in [0.25, 0.3) is 0 Å². The van der Waals surface area contributed by atoms with Crippen LogP contribution in [0.2, 0.25) is 0 Å². The largest absolute Gasteiger partial charge is 0 e. The van der Waals surface area contributed by atoms with Gasteiger partial charge in [-0.15, -0.1) is 0 Å². The molecule has 0 saturated carbocycles. The molecule has 0 spiro atoms. The van der Waals surface area contributed by atoms with Gasteiger partial charge in [-0.1, -0.05) is 0 Å². The minimum Gasteiger partial charge on any atom is 0 e. The Morgan fingerprint density at radius 1 is 1.83 bits per heavy atom. The summed E-state index contributed by atoms with van der Waals surface area (Å²) in [6.07, 6.45) is 0. The fraction of sp³-hybridized carbons (Fsp3) is 0. The Bertz CT molecular complexity index is 48.8. The molecule has 0 amide bonds. The summed E-state index contributed by atoms with van der Waals surface area (Å²) in [5, 5.41) is 7.76. The molecule has 0 heterocycles. The third kappa shape index (κ3) is 8.99. The van der Waals surface area contributed by atoms with Crippen LogP contribution in [-0.2, 0) is 35.8 Å². The van der Waals surface area contributed by atoms with E-state index in [9.17, 15) is 4.79 Å². The average molecular weight is 374 g/mol. The summed E-state index contributed by atoms with van der Waals surface area (Å²) in [5.41, 5.74) is 0. The molecule has 2 nitrogen and oxygen atoms in total. The molecule has 0 radical (unpaired) electrons. The average Bonchev–Trinajstić information content (AvgIpc) is 1.38.